The third-order valence-electron chi connectivity index (χ3n) is 2.07. The normalized spacial score (nSPS) is 10.8. The molecule has 116 valence electrons. The van der Waals surface area contributed by atoms with Gasteiger partial charge in [0.25, 0.3) is 0 Å². The molecule has 20 heavy (non-hydrogen) atoms. The van der Waals surface area contributed by atoms with E-state index in [1.165, 1.54) is 0 Å². The number of aliphatic carboxylic acids is 1. The van der Waals surface area contributed by atoms with Crippen LogP contribution in [0.25, 0.3) is 0 Å². The molecule has 0 rings (SSSR count). The van der Waals surface area contributed by atoms with Crippen molar-refractivity contribution >= 4 is 27.9 Å². The number of amides is 3. The molecule has 10 heteroatoms. The number of carboxylic acids is 1. The minimum Gasteiger partial charge on any atom is -0.481 e. The molecule has 0 radical (unpaired) electrons. The Morgan fingerprint density at radius 1 is 1.05 bits per heavy atom. The molecule has 0 aliphatic heterocycles. The molecule has 0 aromatic heterocycles. The van der Waals surface area contributed by atoms with Crippen molar-refractivity contribution in [2.45, 2.75) is 25.7 Å². The highest BCUT2D eigenvalue weighted by atomic mass is 32.2. The average molecular weight is 309 g/mol. The molecule has 0 spiro atoms. The van der Waals surface area contributed by atoms with E-state index in [0.717, 1.165) is 6.26 Å². The number of imide groups is 1. The number of carboxylic acid groups (broad SMARTS) is 1. The van der Waals surface area contributed by atoms with Gasteiger partial charge in [0.15, 0.2) is 0 Å². The van der Waals surface area contributed by atoms with Gasteiger partial charge in [-0.2, -0.15) is 0 Å². The van der Waals surface area contributed by atoms with Gasteiger partial charge in [0.2, 0.25) is 15.9 Å². The van der Waals surface area contributed by atoms with Crippen LogP contribution in [0.15, 0.2) is 0 Å². The smallest absolute Gasteiger partial charge is 0.321 e. The van der Waals surface area contributed by atoms with Crippen molar-refractivity contribution in [3.05, 3.63) is 0 Å². The van der Waals surface area contributed by atoms with Crippen molar-refractivity contribution in [3.8, 4) is 0 Å². The zero-order chi connectivity index (χ0) is 15.6. The van der Waals surface area contributed by atoms with E-state index >= 15 is 0 Å². The third-order valence-corrected chi connectivity index (χ3v) is 2.80. The molecule has 0 fully saturated rings. The molecule has 0 saturated heterocycles. The maximum Gasteiger partial charge on any atom is 0.321 e. The number of urea groups is 1. The summed E-state index contributed by atoms with van der Waals surface area (Å²) in [5.74, 6) is -1.44. The number of carbonyl (C=O) groups is 3. The summed E-state index contributed by atoms with van der Waals surface area (Å²) >= 11 is 0. The average Bonchev–Trinajstić information content (AvgIpc) is 2.29. The van der Waals surface area contributed by atoms with Gasteiger partial charge >= 0.3 is 12.0 Å². The van der Waals surface area contributed by atoms with Gasteiger partial charge in [0.1, 0.15) is 0 Å². The van der Waals surface area contributed by atoms with Crippen molar-refractivity contribution in [1.29, 1.82) is 0 Å². The summed E-state index contributed by atoms with van der Waals surface area (Å²) in [4.78, 5) is 32.7. The fourth-order valence-electron chi connectivity index (χ4n) is 1.21. The van der Waals surface area contributed by atoms with Crippen LogP contribution >= 0.6 is 0 Å². The minimum absolute atomic E-state index is 0.0172. The van der Waals surface area contributed by atoms with Crippen molar-refractivity contribution in [2.75, 3.05) is 19.3 Å². The Morgan fingerprint density at radius 2 is 1.65 bits per heavy atom. The predicted octanol–water partition coefficient (Wildman–Crippen LogP) is -0.994. The van der Waals surface area contributed by atoms with Crippen molar-refractivity contribution in [2.24, 2.45) is 0 Å². The van der Waals surface area contributed by atoms with Gasteiger partial charge in [-0.05, 0) is 12.8 Å². The topological polar surface area (TPSA) is 142 Å². The lowest BCUT2D eigenvalue weighted by Gasteiger charge is -2.06. The summed E-state index contributed by atoms with van der Waals surface area (Å²) in [6.45, 7) is 0.0737. The van der Waals surface area contributed by atoms with Crippen molar-refractivity contribution < 1.29 is 27.9 Å². The quantitative estimate of drug-likeness (QED) is 0.403. The van der Waals surface area contributed by atoms with Crippen LogP contribution < -0.4 is 15.4 Å². The van der Waals surface area contributed by atoms with Crippen LogP contribution in [0.1, 0.15) is 25.7 Å². The summed E-state index contributed by atoms with van der Waals surface area (Å²) in [5.41, 5.74) is 0. The number of nitrogens with one attached hydrogen (secondary N) is 3. The minimum atomic E-state index is -3.30. The van der Waals surface area contributed by atoms with Crippen molar-refractivity contribution in [1.82, 2.24) is 15.4 Å². The molecule has 0 aromatic rings. The Balaban J connectivity index is 3.65. The third kappa shape index (κ3) is 12.8. The van der Waals surface area contributed by atoms with E-state index < -0.39 is 27.9 Å². The van der Waals surface area contributed by atoms with E-state index in [0.29, 0.717) is 12.8 Å². The molecule has 0 unspecified atom stereocenters. The molecule has 0 aliphatic rings. The van der Waals surface area contributed by atoms with Crippen LogP contribution in [0, 0.1) is 0 Å². The largest absolute Gasteiger partial charge is 0.481 e. The van der Waals surface area contributed by atoms with Gasteiger partial charge in [-0.3, -0.25) is 14.9 Å². The summed E-state index contributed by atoms with van der Waals surface area (Å²) in [6, 6.07) is -0.719. The highest BCUT2D eigenvalue weighted by Crippen LogP contribution is 1.99. The molecular formula is C10H19N3O6S. The SMILES string of the molecule is CS(=O)(=O)NCCNC(=O)NC(=O)CCCCC(=O)O. The molecule has 0 aromatic carbocycles. The molecule has 0 bridgehead atoms. The van der Waals surface area contributed by atoms with Crippen LogP contribution in [0.2, 0.25) is 0 Å². The summed E-state index contributed by atoms with van der Waals surface area (Å²) in [6.07, 6.45) is 1.77. The Bertz CT molecular complexity index is 448. The van der Waals surface area contributed by atoms with Crippen LogP contribution in [0.5, 0.6) is 0 Å². The Labute approximate surface area is 117 Å². The van der Waals surface area contributed by atoms with Crippen LogP contribution in [-0.2, 0) is 19.6 Å². The summed E-state index contributed by atoms with van der Waals surface area (Å²) < 4.78 is 23.6. The zero-order valence-electron chi connectivity index (χ0n) is 11.1. The van der Waals surface area contributed by atoms with Crippen LogP contribution in [0.3, 0.4) is 0 Å². The molecular weight excluding hydrogens is 290 g/mol. The standard InChI is InChI=1S/C10H19N3O6S/c1-20(18,19)12-7-6-11-10(17)13-8(14)4-2-3-5-9(15)16/h12H,2-7H2,1H3,(H,15,16)(H2,11,13,14,17). The number of hydrogen-bond acceptors (Lipinski definition) is 5. The number of rotatable bonds is 9. The lowest BCUT2D eigenvalue weighted by atomic mass is 10.2. The molecule has 9 nitrogen and oxygen atoms in total. The lowest BCUT2D eigenvalue weighted by molar-refractivity contribution is -0.137. The van der Waals surface area contributed by atoms with E-state index in [4.69, 9.17) is 5.11 Å². The highest BCUT2D eigenvalue weighted by molar-refractivity contribution is 7.88. The van der Waals surface area contributed by atoms with Crippen molar-refractivity contribution in [3.63, 3.8) is 0 Å². The number of sulfonamides is 1. The highest BCUT2D eigenvalue weighted by Gasteiger charge is 2.07. The van der Waals surface area contributed by atoms with Gasteiger partial charge < -0.3 is 10.4 Å². The summed E-state index contributed by atoms with van der Waals surface area (Å²) in [7, 11) is -3.30. The monoisotopic (exact) mass is 309 g/mol. The Kier molecular flexibility index (Phi) is 8.48. The van der Waals surface area contributed by atoms with Crippen LogP contribution in [-0.4, -0.2) is 50.8 Å². The fourth-order valence-corrected chi connectivity index (χ4v) is 1.68. The van der Waals surface area contributed by atoms with Gasteiger partial charge in [0, 0.05) is 25.9 Å². The van der Waals surface area contributed by atoms with E-state index in [-0.39, 0.29) is 25.9 Å². The van der Waals surface area contributed by atoms with E-state index in [9.17, 15) is 22.8 Å². The number of unbranched alkanes of at least 4 members (excludes halogenated alkanes) is 1. The van der Waals surface area contributed by atoms with Gasteiger partial charge in [-0.15, -0.1) is 0 Å². The van der Waals surface area contributed by atoms with Gasteiger partial charge in [-0.25, -0.2) is 17.9 Å². The second kappa shape index (κ2) is 9.26. The predicted molar refractivity (Wildman–Crippen MR) is 70.5 cm³/mol. The molecule has 0 saturated carbocycles. The first kappa shape index (κ1) is 18.3. The Hall–Kier alpha value is -1.68. The number of carbonyl (C=O) groups excluding carboxylic acids is 2. The van der Waals surface area contributed by atoms with Gasteiger partial charge in [-0.1, -0.05) is 0 Å². The van der Waals surface area contributed by atoms with E-state index in [1.807, 2.05) is 0 Å². The molecule has 0 atom stereocenters. The Morgan fingerprint density at radius 3 is 2.20 bits per heavy atom. The second-order valence-corrected chi connectivity index (χ2v) is 5.90. The molecule has 4 N–H and O–H groups in total. The summed E-state index contributed by atoms with van der Waals surface area (Å²) in [5, 5.41) is 12.7. The maximum atomic E-state index is 11.3. The van der Waals surface area contributed by atoms with E-state index in [1.54, 1.807) is 0 Å². The molecule has 3 amide bonds. The first-order valence-corrected chi connectivity index (χ1v) is 7.84. The zero-order valence-corrected chi connectivity index (χ0v) is 12.0. The number of hydrogen-bond donors (Lipinski definition) is 4. The lowest BCUT2D eigenvalue weighted by Crippen LogP contribution is -2.42. The molecule has 0 heterocycles. The molecule has 0 aliphatic carbocycles. The fraction of sp³-hybridized carbons (Fsp3) is 0.700. The maximum absolute atomic E-state index is 11.3. The van der Waals surface area contributed by atoms with E-state index in [2.05, 4.69) is 15.4 Å². The van der Waals surface area contributed by atoms with Crippen LogP contribution in [0.4, 0.5) is 4.79 Å². The second-order valence-electron chi connectivity index (χ2n) is 4.07. The first-order chi connectivity index (χ1) is 9.20. The van der Waals surface area contributed by atoms with Gasteiger partial charge in [0.05, 0.1) is 6.26 Å². The first-order valence-electron chi connectivity index (χ1n) is 5.95.